The molecular formula is C25H28ClN5O4S2. The molecule has 1 aromatic carbocycles. The van der Waals surface area contributed by atoms with Crippen LogP contribution in [0.3, 0.4) is 0 Å². The summed E-state index contributed by atoms with van der Waals surface area (Å²) >= 11 is 8.49. The molecular weight excluding hydrogens is 534 g/mol. The van der Waals surface area contributed by atoms with Crippen molar-refractivity contribution in [2.45, 2.75) is 45.9 Å². The van der Waals surface area contributed by atoms with Crippen LogP contribution in [-0.2, 0) is 24.2 Å². The Morgan fingerprint density at radius 1 is 1.11 bits per heavy atom. The number of nitrogens with one attached hydrogen (secondary N) is 3. The average Bonchev–Trinajstić information content (AvgIpc) is 3.43. The number of carbonyl (C=O) groups is 3. The van der Waals surface area contributed by atoms with E-state index in [1.54, 1.807) is 51.1 Å². The number of benzene rings is 1. The van der Waals surface area contributed by atoms with E-state index >= 15 is 0 Å². The van der Waals surface area contributed by atoms with Crippen molar-refractivity contribution in [3.05, 3.63) is 60.7 Å². The minimum Gasteiger partial charge on any atom is -0.444 e. The van der Waals surface area contributed by atoms with E-state index in [9.17, 15) is 14.4 Å². The molecule has 0 spiro atoms. The zero-order valence-corrected chi connectivity index (χ0v) is 23.3. The second-order valence-electron chi connectivity index (χ2n) is 9.58. The van der Waals surface area contributed by atoms with Gasteiger partial charge in [-0.1, -0.05) is 23.7 Å². The highest BCUT2D eigenvalue weighted by Crippen LogP contribution is 2.30. The number of thiazole rings is 1. The number of para-hydroxylation sites is 1. The van der Waals surface area contributed by atoms with E-state index in [0.29, 0.717) is 31.2 Å². The Kier molecular flexibility index (Phi) is 8.17. The van der Waals surface area contributed by atoms with Gasteiger partial charge in [0.1, 0.15) is 5.60 Å². The van der Waals surface area contributed by atoms with Gasteiger partial charge < -0.3 is 20.3 Å². The summed E-state index contributed by atoms with van der Waals surface area (Å²) < 4.78 is 5.90. The molecule has 0 fully saturated rings. The van der Waals surface area contributed by atoms with Crippen LogP contribution in [0.25, 0.3) is 0 Å². The molecule has 196 valence electrons. The molecule has 0 unspecified atom stereocenters. The Labute approximate surface area is 228 Å². The van der Waals surface area contributed by atoms with E-state index in [2.05, 4.69) is 25.8 Å². The number of amides is 3. The molecule has 3 amide bonds. The number of fused-ring (bicyclic) bond motifs is 1. The number of carbonyl (C=O) groups excluding carboxylic acids is 3. The van der Waals surface area contributed by atoms with E-state index in [1.165, 1.54) is 22.7 Å². The fraction of sp³-hybridized carbons (Fsp3) is 0.360. The first kappa shape index (κ1) is 27.1. The highest BCUT2D eigenvalue weighted by molar-refractivity contribution is 7.18. The zero-order valence-electron chi connectivity index (χ0n) is 20.9. The lowest BCUT2D eigenvalue weighted by molar-refractivity contribution is 0.0635. The molecule has 9 nitrogen and oxygen atoms in total. The number of aromatic nitrogens is 1. The van der Waals surface area contributed by atoms with E-state index in [-0.39, 0.29) is 12.5 Å². The number of anilines is 2. The smallest absolute Gasteiger partial charge is 0.412 e. The molecule has 0 saturated heterocycles. The van der Waals surface area contributed by atoms with Crippen LogP contribution in [0, 0.1) is 0 Å². The minimum atomic E-state index is -0.700. The van der Waals surface area contributed by atoms with Gasteiger partial charge in [-0.3, -0.25) is 14.9 Å². The lowest BCUT2D eigenvalue weighted by Crippen LogP contribution is -2.28. The average molecular weight is 562 g/mol. The van der Waals surface area contributed by atoms with Crippen molar-refractivity contribution in [3.8, 4) is 0 Å². The summed E-state index contributed by atoms with van der Waals surface area (Å²) in [6.45, 7) is 7.03. The van der Waals surface area contributed by atoms with Gasteiger partial charge >= 0.3 is 6.09 Å². The van der Waals surface area contributed by atoms with E-state index in [0.717, 1.165) is 30.1 Å². The molecule has 3 N–H and O–H groups in total. The third-order valence-electron chi connectivity index (χ3n) is 5.38. The number of halogens is 1. The molecule has 12 heteroatoms. The molecule has 0 atom stereocenters. The molecule has 0 saturated carbocycles. The lowest BCUT2D eigenvalue weighted by Gasteiger charge is -2.21. The van der Waals surface area contributed by atoms with Crippen molar-refractivity contribution in [1.82, 2.24) is 15.2 Å². The Hall–Kier alpha value is -2.99. The Bertz CT molecular complexity index is 1330. The van der Waals surface area contributed by atoms with Gasteiger partial charge in [-0.05, 0) is 51.6 Å². The topological polar surface area (TPSA) is 113 Å². The highest BCUT2D eigenvalue weighted by Gasteiger charge is 2.24. The first-order chi connectivity index (χ1) is 17.5. The van der Waals surface area contributed by atoms with Crippen molar-refractivity contribution >= 4 is 63.6 Å². The molecule has 0 bridgehead atoms. The fourth-order valence-electron chi connectivity index (χ4n) is 3.70. The van der Waals surface area contributed by atoms with Crippen molar-refractivity contribution in [2.24, 2.45) is 0 Å². The largest absolute Gasteiger partial charge is 0.444 e. The number of hydrogen-bond donors (Lipinski definition) is 3. The number of thiophene rings is 1. The zero-order chi connectivity index (χ0) is 26.7. The Balaban J connectivity index is 1.59. The quantitative estimate of drug-likeness (QED) is 0.373. The van der Waals surface area contributed by atoms with Crippen LogP contribution < -0.4 is 16.0 Å². The van der Waals surface area contributed by atoms with Crippen LogP contribution in [0.1, 0.15) is 56.4 Å². The number of rotatable bonds is 6. The maximum atomic E-state index is 13.3. The van der Waals surface area contributed by atoms with Crippen molar-refractivity contribution < 1.29 is 19.1 Å². The van der Waals surface area contributed by atoms with Gasteiger partial charge in [-0.15, -0.1) is 22.7 Å². The van der Waals surface area contributed by atoms with Crippen molar-refractivity contribution in [2.75, 3.05) is 24.2 Å². The van der Waals surface area contributed by atoms with Gasteiger partial charge in [-0.2, -0.15) is 0 Å². The van der Waals surface area contributed by atoms with Crippen molar-refractivity contribution in [3.63, 3.8) is 0 Å². The summed E-state index contributed by atoms with van der Waals surface area (Å²) in [6.07, 6.45) is 0.126. The molecule has 1 aliphatic heterocycles. The third-order valence-corrected chi connectivity index (χ3v) is 7.69. The summed E-state index contributed by atoms with van der Waals surface area (Å²) in [5.41, 5.74) is 1.53. The maximum Gasteiger partial charge on any atom is 0.412 e. The van der Waals surface area contributed by atoms with Crippen LogP contribution in [0.4, 0.5) is 16.2 Å². The Morgan fingerprint density at radius 2 is 1.89 bits per heavy atom. The lowest BCUT2D eigenvalue weighted by atomic mass is 10.1. The normalized spacial score (nSPS) is 13.5. The van der Waals surface area contributed by atoms with Gasteiger partial charge in [0.2, 0.25) is 0 Å². The van der Waals surface area contributed by atoms with Crippen LogP contribution in [-0.4, -0.2) is 47.0 Å². The van der Waals surface area contributed by atoms with E-state index in [4.69, 9.17) is 16.3 Å². The second-order valence-corrected chi connectivity index (χ2v) is 12.4. The number of likely N-dealkylation sites (N-methyl/N-ethyl adjacent to an activating group) is 1. The first-order valence-electron chi connectivity index (χ1n) is 11.6. The summed E-state index contributed by atoms with van der Waals surface area (Å²) in [5.74, 6) is -0.686. The first-order valence-corrected chi connectivity index (χ1v) is 13.6. The predicted octanol–water partition coefficient (Wildman–Crippen LogP) is 5.38. The summed E-state index contributed by atoms with van der Waals surface area (Å²) in [5, 5.41) is 8.81. The molecule has 37 heavy (non-hydrogen) atoms. The fourth-order valence-corrected chi connectivity index (χ4v) is 5.74. The van der Waals surface area contributed by atoms with Gasteiger partial charge in [0.15, 0.2) is 5.01 Å². The van der Waals surface area contributed by atoms with Gasteiger partial charge in [-0.25, -0.2) is 9.78 Å². The molecule has 0 radical (unpaired) electrons. The van der Waals surface area contributed by atoms with E-state index in [1.807, 2.05) is 7.05 Å². The predicted molar refractivity (Wildman–Crippen MR) is 147 cm³/mol. The molecule has 0 aliphatic carbocycles. The van der Waals surface area contributed by atoms with Crippen LogP contribution in [0.5, 0.6) is 0 Å². The minimum absolute atomic E-state index is 0.104. The third kappa shape index (κ3) is 7.07. The number of ether oxygens (including phenoxy) is 1. The molecule has 1 aliphatic rings. The summed E-state index contributed by atoms with van der Waals surface area (Å²) in [6, 6.07) is 8.45. The maximum absolute atomic E-state index is 13.3. The molecule has 2 aromatic heterocycles. The second kappa shape index (κ2) is 11.2. The Morgan fingerprint density at radius 3 is 2.59 bits per heavy atom. The van der Waals surface area contributed by atoms with Crippen LogP contribution in [0.15, 0.2) is 30.3 Å². The summed E-state index contributed by atoms with van der Waals surface area (Å²) in [7, 11) is 2.03. The standard InChI is InChI=1S/C25H28ClN5O4S2/c1-25(2,3)35-24(34)29-16-7-5-6-14(12-27-21(32)17-8-9-19(26)36-17)20(16)30-22(33)23-28-15-10-11-31(4)13-18(15)37-23/h5-9H,10-13H2,1-4H3,(H,27,32)(H,29,34)(H,30,33). The molecule has 3 heterocycles. The number of nitrogens with zero attached hydrogens (tertiary/aromatic N) is 2. The summed E-state index contributed by atoms with van der Waals surface area (Å²) in [4.78, 5) is 46.7. The van der Waals surface area contributed by atoms with E-state index < -0.39 is 17.6 Å². The highest BCUT2D eigenvalue weighted by atomic mass is 35.5. The monoisotopic (exact) mass is 561 g/mol. The van der Waals surface area contributed by atoms with Crippen LogP contribution in [0.2, 0.25) is 4.34 Å². The molecule has 3 aromatic rings. The SMILES string of the molecule is CN1CCc2nc(C(=O)Nc3c(CNC(=O)c4ccc(Cl)s4)cccc3NC(=O)OC(C)(C)C)sc2C1. The van der Waals surface area contributed by atoms with Gasteiger partial charge in [0, 0.05) is 30.9 Å². The number of hydrogen-bond acceptors (Lipinski definition) is 8. The van der Waals surface area contributed by atoms with Gasteiger partial charge in [0.05, 0.1) is 26.3 Å². The molecule has 4 rings (SSSR count). The van der Waals surface area contributed by atoms with Crippen molar-refractivity contribution in [1.29, 1.82) is 0 Å². The van der Waals surface area contributed by atoms with Gasteiger partial charge in [0.25, 0.3) is 11.8 Å². The van der Waals surface area contributed by atoms with Crippen LogP contribution >= 0.6 is 34.3 Å².